The largest absolute Gasteiger partial charge is 0.419 e. The Labute approximate surface area is 242 Å². The molecule has 3 aromatic carbocycles. The summed E-state index contributed by atoms with van der Waals surface area (Å²) in [6, 6.07) is 11.8. The Hall–Kier alpha value is -4.13. The second-order valence-corrected chi connectivity index (χ2v) is 9.81. The van der Waals surface area contributed by atoms with Gasteiger partial charge in [-0.25, -0.2) is 4.39 Å². The maximum atomic E-state index is 13.9. The summed E-state index contributed by atoms with van der Waals surface area (Å²) in [5, 5.41) is 2.36. The van der Waals surface area contributed by atoms with Gasteiger partial charge in [-0.1, -0.05) is 41.9 Å². The van der Waals surface area contributed by atoms with Crippen LogP contribution in [0.4, 0.5) is 43.9 Å². The molecule has 0 fully saturated rings. The maximum Gasteiger partial charge on any atom is 0.419 e. The fraction of sp³-hybridized carbons (Fsp3) is 0.172. The van der Waals surface area contributed by atoms with Gasteiger partial charge in [-0.2, -0.15) is 39.5 Å². The van der Waals surface area contributed by atoms with Crippen molar-refractivity contribution in [3.8, 4) is 0 Å². The Morgan fingerprint density at radius 1 is 0.721 bits per heavy atom. The number of rotatable bonds is 6. The molecule has 14 heteroatoms. The zero-order chi connectivity index (χ0) is 31.8. The molecule has 0 aliphatic rings. The van der Waals surface area contributed by atoms with E-state index in [-0.39, 0.29) is 22.8 Å². The molecule has 0 radical (unpaired) electrons. The minimum atomic E-state index is -5.27. The summed E-state index contributed by atoms with van der Waals surface area (Å²) < 4.78 is 138. The summed E-state index contributed by atoms with van der Waals surface area (Å²) in [7, 11) is 0. The Kier molecular flexibility index (Phi) is 8.51. The van der Waals surface area contributed by atoms with E-state index in [0.29, 0.717) is 29.8 Å². The molecule has 1 unspecified atom stereocenters. The van der Waals surface area contributed by atoms with E-state index < -0.39 is 70.0 Å². The van der Waals surface area contributed by atoms with Gasteiger partial charge in [-0.05, 0) is 59.7 Å². The van der Waals surface area contributed by atoms with E-state index in [0.717, 1.165) is 12.3 Å². The molecular formula is C29H17ClF10N2O. The van der Waals surface area contributed by atoms with Crippen molar-refractivity contribution in [2.75, 3.05) is 0 Å². The summed E-state index contributed by atoms with van der Waals surface area (Å²) in [5.41, 5.74) is -9.09. The predicted molar refractivity (Wildman–Crippen MR) is 135 cm³/mol. The molecule has 1 N–H and O–H groups in total. The fourth-order valence-electron chi connectivity index (χ4n) is 4.40. The van der Waals surface area contributed by atoms with Crippen LogP contribution in [0.25, 0.3) is 0 Å². The maximum absolute atomic E-state index is 13.9. The Morgan fingerprint density at radius 3 is 1.81 bits per heavy atom. The molecule has 4 aromatic rings. The van der Waals surface area contributed by atoms with Gasteiger partial charge in [0.25, 0.3) is 5.91 Å². The minimum Gasteiger partial charge on any atom is -0.337 e. The highest BCUT2D eigenvalue weighted by Gasteiger charge is 2.44. The molecule has 226 valence electrons. The monoisotopic (exact) mass is 634 g/mol. The third kappa shape index (κ3) is 7.10. The normalized spacial score (nSPS) is 13.8. The van der Waals surface area contributed by atoms with Crippen molar-refractivity contribution >= 4 is 17.5 Å². The number of pyridine rings is 1. The number of amides is 1. The topological polar surface area (TPSA) is 42.0 Å². The third-order valence-electron chi connectivity index (χ3n) is 6.42. The van der Waals surface area contributed by atoms with Gasteiger partial charge in [0.05, 0.1) is 27.4 Å². The van der Waals surface area contributed by atoms with Crippen LogP contribution < -0.4 is 5.32 Å². The second-order valence-electron chi connectivity index (χ2n) is 9.37. The minimum absolute atomic E-state index is 0.0251. The first-order chi connectivity index (χ1) is 19.9. The van der Waals surface area contributed by atoms with Crippen molar-refractivity contribution in [2.24, 2.45) is 0 Å². The lowest BCUT2D eigenvalue weighted by Gasteiger charge is -2.36. The van der Waals surface area contributed by atoms with Crippen molar-refractivity contribution in [1.29, 1.82) is 0 Å². The number of hydrogen-bond donors (Lipinski definition) is 1. The SMILES string of the molecule is O=C(NC(Cc1ccccc1)(c1cc(C(F)(F)F)cc(C(F)(F)F)c1)c1ccc(Cl)cn1)c1ccc(F)c(C(F)(F)F)c1. The van der Waals surface area contributed by atoms with Crippen LogP contribution in [-0.4, -0.2) is 10.9 Å². The summed E-state index contributed by atoms with van der Waals surface area (Å²) in [4.78, 5) is 17.6. The average molecular weight is 635 g/mol. The van der Waals surface area contributed by atoms with Gasteiger partial charge in [0, 0.05) is 18.2 Å². The average Bonchev–Trinajstić information content (AvgIpc) is 2.92. The van der Waals surface area contributed by atoms with Crippen molar-refractivity contribution in [3.63, 3.8) is 0 Å². The number of aromatic nitrogens is 1. The van der Waals surface area contributed by atoms with Crippen LogP contribution >= 0.6 is 11.6 Å². The molecule has 0 aliphatic carbocycles. The zero-order valence-corrected chi connectivity index (χ0v) is 22.1. The molecule has 0 spiro atoms. The highest BCUT2D eigenvalue weighted by molar-refractivity contribution is 6.30. The molecule has 0 aliphatic heterocycles. The quantitative estimate of drug-likeness (QED) is 0.215. The standard InChI is InChI=1S/C29H17ClF10N2O/c30-21-7-9-24(41-15-21)26(14-16-4-2-1-3-5-16,18-11-19(27(32,33)34)13-20(12-18)28(35,36)37)42-25(43)17-6-8-23(31)22(10-17)29(38,39)40/h1-13,15H,14H2,(H,42,43). The summed E-state index contributed by atoms with van der Waals surface area (Å²) in [6.45, 7) is 0. The molecule has 0 saturated carbocycles. The van der Waals surface area contributed by atoms with E-state index in [4.69, 9.17) is 11.6 Å². The van der Waals surface area contributed by atoms with Gasteiger partial charge < -0.3 is 5.32 Å². The van der Waals surface area contributed by atoms with Crippen molar-refractivity contribution in [2.45, 2.75) is 30.5 Å². The van der Waals surface area contributed by atoms with Crippen LogP contribution in [0, 0.1) is 5.82 Å². The number of alkyl halides is 9. The zero-order valence-electron chi connectivity index (χ0n) is 21.3. The molecule has 1 aromatic heterocycles. The molecular weight excluding hydrogens is 618 g/mol. The second kappa shape index (κ2) is 11.5. The number of nitrogens with zero attached hydrogens (tertiary/aromatic N) is 1. The lowest BCUT2D eigenvalue weighted by Crippen LogP contribution is -2.49. The first-order valence-corrected chi connectivity index (χ1v) is 12.4. The molecule has 1 atom stereocenters. The first kappa shape index (κ1) is 31.8. The van der Waals surface area contributed by atoms with Crippen LogP contribution in [0.5, 0.6) is 0 Å². The summed E-state index contributed by atoms with van der Waals surface area (Å²) in [5.74, 6) is -3.07. The number of halogens is 11. The van der Waals surface area contributed by atoms with Crippen LogP contribution in [0.3, 0.4) is 0 Å². The predicted octanol–water partition coefficient (Wildman–Crippen LogP) is 8.85. The molecule has 0 saturated heterocycles. The van der Waals surface area contributed by atoms with Gasteiger partial charge in [-0.15, -0.1) is 0 Å². The van der Waals surface area contributed by atoms with Crippen LogP contribution in [-0.2, 0) is 30.5 Å². The van der Waals surface area contributed by atoms with Crippen molar-refractivity contribution in [3.05, 3.63) is 135 Å². The summed E-state index contributed by atoms with van der Waals surface area (Å²) in [6.07, 6.45) is -15.3. The van der Waals surface area contributed by atoms with Crippen molar-refractivity contribution in [1.82, 2.24) is 10.3 Å². The molecule has 1 amide bonds. The van der Waals surface area contributed by atoms with E-state index in [1.54, 1.807) is 6.07 Å². The van der Waals surface area contributed by atoms with Gasteiger partial charge in [0.15, 0.2) is 0 Å². The molecule has 1 heterocycles. The number of nitrogens with one attached hydrogen (secondary N) is 1. The summed E-state index contributed by atoms with van der Waals surface area (Å²) >= 11 is 5.93. The molecule has 3 nitrogen and oxygen atoms in total. The molecule has 4 rings (SSSR count). The first-order valence-electron chi connectivity index (χ1n) is 12.1. The third-order valence-corrected chi connectivity index (χ3v) is 6.64. The smallest absolute Gasteiger partial charge is 0.337 e. The van der Waals surface area contributed by atoms with Gasteiger partial charge in [-0.3, -0.25) is 9.78 Å². The number of carbonyl (C=O) groups excluding carboxylic acids is 1. The fourth-order valence-corrected chi connectivity index (χ4v) is 4.51. The Morgan fingerprint density at radius 2 is 1.30 bits per heavy atom. The van der Waals surface area contributed by atoms with E-state index in [1.807, 2.05) is 0 Å². The Bertz CT molecular complexity index is 1590. The van der Waals surface area contributed by atoms with E-state index in [9.17, 15) is 48.7 Å². The number of benzene rings is 3. The highest BCUT2D eigenvalue weighted by Crippen LogP contribution is 2.42. The Balaban J connectivity index is 2.04. The highest BCUT2D eigenvalue weighted by atomic mass is 35.5. The van der Waals surface area contributed by atoms with E-state index in [2.05, 4.69) is 10.3 Å². The van der Waals surface area contributed by atoms with Crippen LogP contribution in [0.2, 0.25) is 5.02 Å². The lowest BCUT2D eigenvalue weighted by molar-refractivity contribution is -0.143. The van der Waals surface area contributed by atoms with Gasteiger partial charge in [0.1, 0.15) is 11.4 Å². The number of carbonyl (C=O) groups is 1. The van der Waals surface area contributed by atoms with Crippen molar-refractivity contribution < 1.29 is 48.7 Å². The molecule has 0 bridgehead atoms. The molecule has 43 heavy (non-hydrogen) atoms. The lowest BCUT2D eigenvalue weighted by atomic mass is 9.78. The van der Waals surface area contributed by atoms with Gasteiger partial charge >= 0.3 is 18.5 Å². The number of hydrogen-bond acceptors (Lipinski definition) is 2. The van der Waals surface area contributed by atoms with Crippen LogP contribution in [0.1, 0.15) is 43.9 Å². The van der Waals surface area contributed by atoms with Gasteiger partial charge in [0.2, 0.25) is 0 Å². The van der Waals surface area contributed by atoms with E-state index >= 15 is 0 Å². The van der Waals surface area contributed by atoms with E-state index in [1.165, 1.54) is 30.3 Å². The van der Waals surface area contributed by atoms with Crippen LogP contribution in [0.15, 0.2) is 85.1 Å².